The Morgan fingerprint density at radius 1 is 1.30 bits per heavy atom. The summed E-state index contributed by atoms with van der Waals surface area (Å²) in [5.41, 5.74) is 6.44. The van der Waals surface area contributed by atoms with Crippen LogP contribution in [0, 0.1) is 5.92 Å². The molecule has 3 N–H and O–H groups in total. The molecule has 0 aliphatic carbocycles. The number of allylic oxidation sites excluding steroid dienone is 1. The normalized spacial score (nSPS) is 15.8. The highest BCUT2D eigenvalue weighted by Crippen LogP contribution is 2.21. The number of ketones is 1. The van der Waals surface area contributed by atoms with Crippen molar-refractivity contribution in [1.82, 2.24) is 14.9 Å². The molecule has 158 valence electrons. The van der Waals surface area contributed by atoms with Crippen molar-refractivity contribution in [2.24, 2.45) is 16.6 Å². The van der Waals surface area contributed by atoms with Gasteiger partial charge in [-0.2, -0.15) is 0 Å². The number of aromatic amines is 1. The summed E-state index contributed by atoms with van der Waals surface area (Å²) in [6.45, 7) is 1.11. The average molecular weight is 409 g/mol. The summed E-state index contributed by atoms with van der Waals surface area (Å²) in [7, 11) is 1.60. The van der Waals surface area contributed by atoms with Crippen LogP contribution in [0.25, 0.3) is 10.9 Å². The fraction of sp³-hybridized carbons (Fsp3) is 0.409. The second-order valence-electron chi connectivity index (χ2n) is 7.41. The van der Waals surface area contributed by atoms with Crippen LogP contribution in [-0.4, -0.2) is 52.9 Å². The second-order valence-corrected chi connectivity index (χ2v) is 7.41. The van der Waals surface area contributed by atoms with Gasteiger partial charge >= 0.3 is 0 Å². The molecule has 2 heterocycles. The first-order valence-electron chi connectivity index (χ1n) is 10.2. The summed E-state index contributed by atoms with van der Waals surface area (Å²) in [5.74, 6) is 0.512. The Hall–Kier alpha value is -3.29. The minimum atomic E-state index is -0.160. The van der Waals surface area contributed by atoms with Gasteiger partial charge in [-0.25, -0.2) is 4.98 Å². The van der Waals surface area contributed by atoms with Gasteiger partial charge in [0.1, 0.15) is 5.82 Å². The first kappa shape index (κ1) is 21.4. The number of para-hydroxylation sites is 1. The van der Waals surface area contributed by atoms with E-state index in [4.69, 9.17) is 5.73 Å². The summed E-state index contributed by atoms with van der Waals surface area (Å²) in [4.78, 5) is 50.1. The van der Waals surface area contributed by atoms with Crippen LogP contribution in [-0.2, 0) is 16.0 Å². The van der Waals surface area contributed by atoms with Gasteiger partial charge in [0.25, 0.3) is 5.56 Å². The summed E-state index contributed by atoms with van der Waals surface area (Å²) in [5, 5.41) is 0.563. The third kappa shape index (κ3) is 5.00. The van der Waals surface area contributed by atoms with Gasteiger partial charge in [-0.15, -0.1) is 0 Å². The van der Waals surface area contributed by atoms with Crippen LogP contribution in [0.2, 0.25) is 0 Å². The molecule has 0 radical (unpaired) electrons. The van der Waals surface area contributed by atoms with Crippen LogP contribution in [0.1, 0.15) is 31.5 Å². The number of aliphatic imine (C=N–C) groups is 1. The quantitative estimate of drug-likeness (QED) is 0.531. The lowest BCUT2D eigenvalue weighted by molar-refractivity contribution is -0.134. The molecule has 2 aromatic rings. The van der Waals surface area contributed by atoms with Crippen LogP contribution >= 0.6 is 0 Å². The number of H-pyrrole nitrogens is 1. The van der Waals surface area contributed by atoms with E-state index in [1.807, 2.05) is 12.1 Å². The molecule has 0 spiro atoms. The number of likely N-dealkylation sites (tertiary alicyclic amines) is 1. The highest BCUT2D eigenvalue weighted by atomic mass is 16.2. The van der Waals surface area contributed by atoms with E-state index in [0.717, 1.165) is 0 Å². The van der Waals surface area contributed by atoms with Crippen LogP contribution in [0.15, 0.2) is 45.8 Å². The lowest BCUT2D eigenvalue weighted by Crippen LogP contribution is -2.40. The number of piperidine rings is 1. The largest absolute Gasteiger partial charge is 0.404 e. The van der Waals surface area contributed by atoms with Crippen LogP contribution in [0.3, 0.4) is 0 Å². The third-order valence-corrected chi connectivity index (χ3v) is 5.42. The number of hydrogen-bond acceptors (Lipinski definition) is 6. The van der Waals surface area contributed by atoms with Crippen molar-refractivity contribution in [3.05, 3.63) is 52.2 Å². The molecule has 1 fully saturated rings. The molecular formula is C22H27N5O3. The van der Waals surface area contributed by atoms with Gasteiger partial charge in [0.2, 0.25) is 5.91 Å². The van der Waals surface area contributed by atoms with Gasteiger partial charge in [0.15, 0.2) is 5.78 Å². The fourth-order valence-electron chi connectivity index (χ4n) is 3.77. The number of aryl methyl sites for hydroxylation is 1. The van der Waals surface area contributed by atoms with Crippen molar-refractivity contribution in [2.45, 2.75) is 32.1 Å². The molecule has 1 saturated heterocycles. The number of carbonyl (C=O) groups excluding carboxylic acids is 2. The Kier molecular flexibility index (Phi) is 7.11. The number of Topliss-reactive ketones (excluding diaryl/α,β-unsaturated/α-hetero) is 1. The molecule has 1 aromatic carbocycles. The number of fused-ring (bicyclic) bond motifs is 1. The Morgan fingerprint density at radius 3 is 2.73 bits per heavy atom. The molecule has 0 unspecified atom stereocenters. The fourth-order valence-corrected chi connectivity index (χ4v) is 3.77. The Balaban J connectivity index is 1.49. The molecule has 30 heavy (non-hydrogen) atoms. The molecule has 8 heteroatoms. The topological polar surface area (TPSA) is 122 Å². The number of amides is 1. The van der Waals surface area contributed by atoms with E-state index in [-0.39, 0.29) is 23.2 Å². The maximum atomic E-state index is 12.5. The van der Waals surface area contributed by atoms with Crippen molar-refractivity contribution in [2.75, 3.05) is 20.1 Å². The standard InChI is InChI=1S/C22H27N5O3/c1-24-14-16(13-23)21(29)15-9-11-27(12-10-15)20(28)8-4-7-19-25-18-6-3-2-5-17(18)22(30)26-19/h2-3,5-6,13-15H,4,7-12,23H2,1H3,(H,25,26,30). The lowest BCUT2D eigenvalue weighted by Gasteiger charge is -2.31. The van der Waals surface area contributed by atoms with Gasteiger partial charge in [-0.1, -0.05) is 12.1 Å². The number of nitrogens with zero attached hydrogens (tertiary/aromatic N) is 3. The molecule has 1 amide bonds. The van der Waals surface area contributed by atoms with E-state index < -0.39 is 0 Å². The number of rotatable bonds is 7. The number of hydrogen-bond donors (Lipinski definition) is 2. The molecule has 3 rings (SSSR count). The molecular weight excluding hydrogens is 382 g/mol. The molecule has 0 saturated carbocycles. The Labute approximate surface area is 174 Å². The summed E-state index contributed by atoms with van der Waals surface area (Å²) in [6.07, 6.45) is 5.53. The van der Waals surface area contributed by atoms with E-state index in [9.17, 15) is 14.4 Å². The predicted molar refractivity (Wildman–Crippen MR) is 116 cm³/mol. The Bertz CT molecular complexity index is 1030. The van der Waals surface area contributed by atoms with Gasteiger partial charge in [0, 0.05) is 51.3 Å². The van der Waals surface area contributed by atoms with Gasteiger partial charge < -0.3 is 15.6 Å². The molecule has 0 atom stereocenters. The van der Waals surface area contributed by atoms with Crippen molar-refractivity contribution >= 4 is 28.8 Å². The summed E-state index contributed by atoms with van der Waals surface area (Å²) >= 11 is 0. The van der Waals surface area contributed by atoms with Crippen LogP contribution in [0.4, 0.5) is 0 Å². The monoisotopic (exact) mass is 409 g/mol. The zero-order chi connectivity index (χ0) is 21.5. The zero-order valence-corrected chi connectivity index (χ0v) is 17.1. The van der Waals surface area contributed by atoms with E-state index >= 15 is 0 Å². The van der Waals surface area contributed by atoms with E-state index in [2.05, 4.69) is 15.0 Å². The maximum absolute atomic E-state index is 12.5. The van der Waals surface area contributed by atoms with Crippen molar-refractivity contribution in [1.29, 1.82) is 0 Å². The number of nitrogens with one attached hydrogen (secondary N) is 1. The smallest absolute Gasteiger partial charge is 0.258 e. The molecule has 1 aliphatic rings. The molecule has 1 aliphatic heterocycles. The zero-order valence-electron chi connectivity index (χ0n) is 17.1. The SMILES string of the molecule is CN=CC(=CN)C(=O)C1CCN(C(=O)CCCc2nc3ccccc3c(=O)[nH]2)CC1. The first-order chi connectivity index (χ1) is 14.5. The third-order valence-electron chi connectivity index (χ3n) is 5.42. The second kappa shape index (κ2) is 9.96. The molecule has 8 nitrogen and oxygen atoms in total. The van der Waals surface area contributed by atoms with Crippen LogP contribution in [0.5, 0.6) is 0 Å². The molecule has 1 aromatic heterocycles. The highest BCUT2D eigenvalue weighted by molar-refractivity contribution is 6.14. The van der Waals surface area contributed by atoms with Gasteiger partial charge in [-0.05, 0) is 31.4 Å². The predicted octanol–water partition coefficient (Wildman–Crippen LogP) is 1.60. The summed E-state index contributed by atoms with van der Waals surface area (Å²) in [6, 6.07) is 7.20. The maximum Gasteiger partial charge on any atom is 0.258 e. The van der Waals surface area contributed by atoms with E-state index in [0.29, 0.717) is 67.5 Å². The molecule has 0 bridgehead atoms. The number of aromatic nitrogens is 2. The van der Waals surface area contributed by atoms with Crippen molar-refractivity contribution in [3.63, 3.8) is 0 Å². The minimum Gasteiger partial charge on any atom is -0.404 e. The first-order valence-corrected chi connectivity index (χ1v) is 10.2. The highest BCUT2D eigenvalue weighted by Gasteiger charge is 2.28. The van der Waals surface area contributed by atoms with Gasteiger partial charge in [-0.3, -0.25) is 19.4 Å². The Morgan fingerprint density at radius 2 is 2.03 bits per heavy atom. The summed E-state index contributed by atoms with van der Waals surface area (Å²) < 4.78 is 0. The van der Waals surface area contributed by atoms with Gasteiger partial charge in [0.05, 0.1) is 16.5 Å². The lowest BCUT2D eigenvalue weighted by atomic mass is 9.89. The average Bonchev–Trinajstić information content (AvgIpc) is 2.77. The van der Waals surface area contributed by atoms with Crippen LogP contribution < -0.4 is 11.3 Å². The number of nitrogens with two attached hydrogens (primary N) is 1. The number of carbonyl (C=O) groups is 2. The van der Waals surface area contributed by atoms with Crippen molar-refractivity contribution < 1.29 is 9.59 Å². The van der Waals surface area contributed by atoms with Crippen molar-refractivity contribution in [3.8, 4) is 0 Å². The van der Waals surface area contributed by atoms with E-state index in [1.54, 1.807) is 24.1 Å². The number of benzene rings is 1. The minimum absolute atomic E-state index is 0.0125. The van der Waals surface area contributed by atoms with E-state index in [1.165, 1.54) is 12.4 Å².